The van der Waals surface area contributed by atoms with E-state index in [4.69, 9.17) is 18.9 Å². The van der Waals surface area contributed by atoms with Crippen molar-refractivity contribution in [2.75, 3.05) is 47.5 Å². The minimum atomic E-state index is -1.53. The number of hydrogen-bond donors (Lipinski definition) is 1. The first-order valence-corrected chi connectivity index (χ1v) is 28.3. The minimum Gasteiger partial charge on any atom is -0.477 e. The summed E-state index contributed by atoms with van der Waals surface area (Å²) in [4.78, 5) is 37.3. The molecule has 0 heterocycles. The molecule has 0 aromatic heterocycles. The summed E-state index contributed by atoms with van der Waals surface area (Å²) in [6.45, 7) is 4.53. The van der Waals surface area contributed by atoms with E-state index < -0.39 is 30.3 Å². The summed E-state index contributed by atoms with van der Waals surface area (Å²) in [5.41, 5.74) is 0. The normalized spacial score (nSPS) is 13.8. The first-order valence-electron chi connectivity index (χ1n) is 28.3. The van der Waals surface area contributed by atoms with Gasteiger partial charge in [0.25, 0.3) is 6.29 Å². The molecule has 0 amide bonds. The summed E-state index contributed by atoms with van der Waals surface area (Å²) in [6.07, 6.45) is 74.2. The van der Waals surface area contributed by atoms with E-state index in [1.54, 1.807) is 0 Å². The zero-order valence-corrected chi connectivity index (χ0v) is 46.7. The van der Waals surface area contributed by atoms with Crippen molar-refractivity contribution in [3.05, 3.63) is 134 Å². The number of carboxylic acids is 1. The largest absolute Gasteiger partial charge is 0.477 e. The molecule has 0 aliphatic rings. The van der Waals surface area contributed by atoms with Gasteiger partial charge in [-0.1, -0.05) is 218 Å². The van der Waals surface area contributed by atoms with Crippen molar-refractivity contribution in [2.45, 2.75) is 206 Å². The molecule has 2 atom stereocenters. The number of unbranched alkanes of at least 4 members (excludes halogenated alkanes) is 13. The number of quaternary nitrogens is 1. The molecule has 0 rings (SSSR count). The maximum absolute atomic E-state index is 12.8. The van der Waals surface area contributed by atoms with E-state index in [1.165, 1.54) is 64.2 Å². The van der Waals surface area contributed by atoms with Crippen molar-refractivity contribution < 1.29 is 42.9 Å². The topological polar surface area (TPSA) is 108 Å². The Bertz CT molecular complexity index is 1650. The first kappa shape index (κ1) is 68.4. The molecule has 0 aliphatic heterocycles. The van der Waals surface area contributed by atoms with Gasteiger partial charge in [0.1, 0.15) is 13.2 Å². The number of esters is 2. The molecule has 0 saturated heterocycles. The molecule has 0 saturated carbocycles. The maximum Gasteiger partial charge on any atom is 0.361 e. The number of allylic oxidation sites excluding steroid dienone is 22. The second-order valence-electron chi connectivity index (χ2n) is 19.5. The van der Waals surface area contributed by atoms with E-state index in [-0.39, 0.29) is 32.7 Å². The second kappa shape index (κ2) is 53.7. The summed E-state index contributed by atoms with van der Waals surface area (Å²) in [6, 6.07) is 0. The average Bonchev–Trinajstić information content (AvgIpc) is 3.36. The molecule has 1 N–H and O–H groups in total. The Morgan fingerprint density at radius 3 is 1.15 bits per heavy atom. The van der Waals surface area contributed by atoms with Gasteiger partial charge >= 0.3 is 17.9 Å². The third-order valence-electron chi connectivity index (χ3n) is 11.4. The molecule has 73 heavy (non-hydrogen) atoms. The Kier molecular flexibility index (Phi) is 50.4. The molecule has 0 aromatic carbocycles. The Morgan fingerprint density at radius 2 is 0.767 bits per heavy atom. The molecule has 9 nitrogen and oxygen atoms in total. The van der Waals surface area contributed by atoms with Gasteiger partial charge < -0.3 is 28.5 Å². The van der Waals surface area contributed by atoms with Crippen molar-refractivity contribution in [3.8, 4) is 0 Å². The number of carbonyl (C=O) groups is 3. The average molecular weight is 1020 g/mol. The summed E-state index contributed by atoms with van der Waals surface area (Å²) in [7, 11) is 5.93. The zero-order chi connectivity index (χ0) is 53.4. The first-order chi connectivity index (χ1) is 35.6. The van der Waals surface area contributed by atoms with Crippen LogP contribution in [-0.2, 0) is 33.3 Å². The van der Waals surface area contributed by atoms with Crippen LogP contribution in [0.15, 0.2) is 134 Å². The molecule has 0 bridgehead atoms. The monoisotopic (exact) mass is 1010 g/mol. The fraction of sp³-hybridized carbons (Fsp3) is 0.609. The smallest absolute Gasteiger partial charge is 0.361 e. The van der Waals surface area contributed by atoms with E-state index >= 15 is 0 Å². The van der Waals surface area contributed by atoms with Gasteiger partial charge in [0.15, 0.2) is 6.10 Å². The highest BCUT2D eigenvalue weighted by Gasteiger charge is 2.25. The van der Waals surface area contributed by atoms with Crippen LogP contribution in [0, 0.1) is 0 Å². The quantitative estimate of drug-likeness (QED) is 0.0211. The highest BCUT2D eigenvalue weighted by atomic mass is 16.7. The number of nitrogens with zero attached hydrogens (tertiary/aromatic N) is 1. The van der Waals surface area contributed by atoms with Crippen LogP contribution in [0.25, 0.3) is 0 Å². The van der Waals surface area contributed by atoms with Crippen molar-refractivity contribution in [3.63, 3.8) is 0 Å². The molecule has 412 valence electrons. The highest BCUT2D eigenvalue weighted by Crippen LogP contribution is 2.15. The minimum absolute atomic E-state index is 0.171. The fourth-order valence-corrected chi connectivity index (χ4v) is 7.12. The standard InChI is InChI=1S/C64H103NO8/c1-6-8-10-12-14-16-18-20-21-22-23-24-25-26-27-28-29-30-31-32-33-34-35-36-37-38-39-40-41-43-45-47-49-51-53-55-62(67)73-60(59-72-64(63(68)69)70-57-56-65(3,4)5)58-71-61(66)54-52-50-48-46-44-42-19-17-15-13-11-9-7-2/h8-11,14-17,20-21,23-24,26-27,29-30,32-33,42,44,48,50,60,64H,6-7,12-13,18-19,22,25,28,31,34-41,43,45-47,49,51-59H2,1-5H3/p+1/b10-8-,11-9-,16-14-,17-15-,21-20-,24-23-,27-26-,30-29-,33-32-,44-42-,50-48-. The van der Waals surface area contributed by atoms with Crippen LogP contribution in [0.5, 0.6) is 0 Å². The molecular weight excluding hydrogens is 911 g/mol. The summed E-state index contributed by atoms with van der Waals surface area (Å²) in [5.74, 6) is -2.13. The number of carbonyl (C=O) groups excluding carboxylic acids is 2. The second-order valence-corrected chi connectivity index (χ2v) is 19.5. The van der Waals surface area contributed by atoms with Crippen LogP contribution in [0.1, 0.15) is 194 Å². The third kappa shape index (κ3) is 55.0. The van der Waals surface area contributed by atoms with Gasteiger partial charge in [0, 0.05) is 12.8 Å². The predicted octanol–water partition coefficient (Wildman–Crippen LogP) is 16.7. The lowest BCUT2D eigenvalue weighted by Crippen LogP contribution is -2.40. The predicted molar refractivity (Wildman–Crippen MR) is 308 cm³/mol. The van der Waals surface area contributed by atoms with Crippen LogP contribution in [0.2, 0.25) is 0 Å². The number of ether oxygens (including phenoxy) is 4. The molecule has 0 fully saturated rings. The number of hydrogen-bond acceptors (Lipinski definition) is 7. The van der Waals surface area contributed by atoms with Gasteiger partial charge in [0.2, 0.25) is 0 Å². The van der Waals surface area contributed by atoms with E-state index in [0.29, 0.717) is 23.9 Å². The number of likely N-dealkylation sites (N-methyl/N-ethyl adjacent to an activating group) is 1. The van der Waals surface area contributed by atoms with Crippen LogP contribution in [0.3, 0.4) is 0 Å². The number of aliphatic carboxylic acids is 1. The van der Waals surface area contributed by atoms with Crippen molar-refractivity contribution in [2.24, 2.45) is 0 Å². The van der Waals surface area contributed by atoms with E-state index in [2.05, 4.69) is 135 Å². The molecule has 0 aliphatic carbocycles. The molecular formula is C64H104NO8+. The Morgan fingerprint density at radius 1 is 0.411 bits per heavy atom. The Labute approximate surface area is 446 Å². The van der Waals surface area contributed by atoms with Crippen molar-refractivity contribution >= 4 is 17.9 Å². The number of rotatable bonds is 50. The Hall–Kier alpha value is -4.57. The van der Waals surface area contributed by atoms with E-state index in [1.807, 2.05) is 33.3 Å². The zero-order valence-electron chi connectivity index (χ0n) is 46.7. The summed E-state index contributed by atoms with van der Waals surface area (Å²) < 4.78 is 22.7. The van der Waals surface area contributed by atoms with Gasteiger partial charge in [-0.15, -0.1) is 0 Å². The van der Waals surface area contributed by atoms with Crippen LogP contribution in [-0.4, -0.2) is 87.4 Å². The van der Waals surface area contributed by atoms with E-state index in [0.717, 1.165) is 89.9 Å². The molecule has 0 aromatic rings. The van der Waals surface area contributed by atoms with Gasteiger partial charge in [0.05, 0.1) is 34.4 Å². The SMILES string of the molecule is CC/C=C\C/C=C\C/C=C\C/C=C\C/C=C\C/C=C\C/C=C\CCCCCCCCCCCCCCCC(=O)OC(COC(=O)CC/C=C\C/C=C\C/C=C\C/C=C\CC)COC(OCC[N+](C)(C)C)C(=O)O. The highest BCUT2D eigenvalue weighted by molar-refractivity contribution is 5.71. The van der Waals surface area contributed by atoms with Crippen molar-refractivity contribution in [1.29, 1.82) is 0 Å². The lowest BCUT2D eigenvalue weighted by Gasteiger charge is -2.25. The molecule has 9 heteroatoms. The van der Waals surface area contributed by atoms with Crippen molar-refractivity contribution in [1.82, 2.24) is 0 Å². The lowest BCUT2D eigenvalue weighted by atomic mass is 10.0. The molecule has 0 radical (unpaired) electrons. The number of carboxylic acid groups (broad SMARTS) is 1. The van der Waals surface area contributed by atoms with Gasteiger partial charge in [-0.25, -0.2) is 4.79 Å². The molecule has 0 spiro atoms. The summed E-state index contributed by atoms with van der Waals surface area (Å²) in [5, 5.41) is 9.67. The van der Waals surface area contributed by atoms with Crippen LogP contribution in [0.4, 0.5) is 0 Å². The Balaban J connectivity index is 4.19. The third-order valence-corrected chi connectivity index (χ3v) is 11.4. The van der Waals surface area contributed by atoms with Crippen LogP contribution >= 0.6 is 0 Å². The summed E-state index contributed by atoms with van der Waals surface area (Å²) >= 11 is 0. The maximum atomic E-state index is 12.8. The van der Waals surface area contributed by atoms with Gasteiger partial charge in [-0.2, -0.15) is 0 Å². The fourth-order valence-electron chi connectivity index (χ4n) is 7.12. The van der Waals surface area contributed by atoms with Gasteiger partial charge in [-0.3, -0.25) is 9.59 Å². The lowest BCUT2D eigenvalue weighted by molar-refractivity contribution is -0.870. The van der Waals surface area contributed by atoms with Crippen LogP contribution < -0.4 is 0 Å². The van der Waals surface area contributed by atoms with Gasteiger partial charge in [-0.05, 0) is 96.3 Å². The van der Waals surface area contributed by atoms with E-state index in [9.17, 15) is 19.5 Å². The molecule has 2 unspecified atom stereocenters.